The van der Waals surface area contributed by atoms with E-state index in [0.29, 0.717) is 5.92 Å². The van der Waals surface area contributed by atoms with Crippen LogP contribution in [0, 0.1) is 6.92 Å². The highest BCUT2D eigenvalue weighted by molar-refractivity contribution is 7.95. The van der Waals surface area contributed by atoms with Gasteiger partial charge < -0.3 is 26.4 Å². The monoisotopic (exact) mass is 547 g/mol. The van der Waals surface area contributed by atoms with Crippen LogP contribution in [0.2, 0.25) is 5.02 Å². The summed E-state index contributed by atoms with van der Waals surface area (Å²) < 4.78 is 31.5. The summed E-state index contributed by atoms with van der Waals surface area (Å²) in [6.45, 7) is 7.17. The molecule has 200 valence electrons. The molecule has 2 fully saturated rings. The van der Waals surface area contributed by atoms with E-state index >= 15 is 0 Å². The Hall–Kier alpha value is -2.89. The van der Waals surface area contributed by atoms with Crippen LogP contribution >= 0.6 is 11.6 Å². The number of nitrogens with zero attached hydrogens (tertiary/aromatic N) is 3. The summed E-state index contributed by atoms with van der Waals surface area (Å²) in [5, 5.41) is 8.74. The van der Waals surface area contributed by atoms with E-state index in [4.69, 9.17) is 22.1 Å². The number of nitrogens with two attached hydrogens (primary N) is 1. The number of hydrogen-bond acceptors (Lipinski definition) is 10. The van der Waals surface area contributed by atoms with Gasteiger partial charge in [-0.05, 0) is 75.8 Å². The summed E-state index contributed by atoms with van der Waals surface area (Å²) in [4.78, 5) is 12.7. The number of allylic oxidation sites excluding steroid dienone is 1. The van der Waals surface area contributed by atoms with Gasteiger partial charge in [-0.3, -0.25) is 4.99 Å². The molecule has 4 rings (SSSR count). The number of aromatic nitrogens is 2. The highest BCUT2D eigenvalue weighted by Gasteiger charge is 2.27. The van der Waals surface area contributed by atoms with E-state index in [2.05, 4.69) is 50.0 Å². The Morgan fingerprint density at radius 1 is 1.32 bits per heavy atom. The number of ether oxygens (including phenoxy) is 1. The molecule has 12 heteroatoms. The fourth-order valence-electron chi connectivity index (χ4n) is 4.08. The molecule has 1 aromatic carbocycles. The highest BCUT2D eigenvalue weighted by atomic mass is 35.5. The van der Waals surface area contributed by atoms with Crippen LogP contribution in [-0.4, -0.2) is 56.1 Å². The van der Waals surface area contributed by atoms with Crippen molar-refractivity contribution >= 4 is 45.1 Å². The van der Waals surface area contributed by atoms with E-state index in [1.807, 2.05) is 0 Å². The Labute approximate surface area is 223 Å². The maximum atomic E-state index is 12.6. The molecule has 0 bridgehead atoms. The first-order valence-electron chi connectivity index (χ1n) is 12.3. The topological polar surface area (TPSA) is 144 Å². The van der Waals surface area contributed by atoms with Crippen molar-refractivity contribution in [3.05, 3.63) is 45.2 Å². The summed E-state index contributed by atoms with van der Waals surface area (Å²) in [5.41, 5.74) is 9.27. The third-order valence-corrected chi connectivity index (χ3v) is 8.73. The fourth-order valence-corrected chi connectivity index (χ4v) is 5.14. The molecule has 1 unspecified atom stereocenters. The summed E-state index contributed by atoms with van der Waals surface area (Å²) in [7, 11) is -2.22. The Bertz CT molecular complexity index is 1320. The number of anilines is 3. The van der Waals surface area contributed by atoms with E-state index in [1.165, 1.54) is 25.0 Å². The molecule has 1 atom stereocenters. The van der Waals surface area contributed by atoms with Crippen LogP contribution < -0.4 is 26.4 Å². The number of aliphatic imine (C=N–C) groups is 1. The zero-order valence-corrected chi connectivity index (χ0v) is 23.1. The zero-order valence-electron chi connectivity index (χ0n) is 21.5. The quantitative estimate of drug-likeness (QED) is 0.326. The second-order valence-electron chi connectivity index (χ2n) is 9.61. The summed E-state index contributed by atoms with van der Waals surface area (Å²) in [6, 6.07) is 4.18. The van der Waals surface area contributed by atoms with Crippen LogP contribution in [0.4, 0.5) is 17.5 Å². The van der Waals surface area contributed by atoms with E-state index in [1.54, 1.807) is 13.8 Å². The Morgan fingerprint density at radius 3 is 2.70 bits per heavy atom. The molecule has 2 heterocycles. The molecule has 0 spiro atoms. The third kappa shape index (κ3) is 6.34. The number of halogens is 1. The van der Waals surface area contributed by atoms with E-state index in [-0.39, 0.29) is 33.6 Å². The average Bonchev–Trinajstić information content (AvgIpc) is 3.50. The Kier molecular flexibility index (Phi) is 8.25. The van der Waals surface area contributed by atoms with Crippen LogP contribution in [0.15, 0.2) is 34.0 Å². The molecule has 1 aliphatic heterocycles. The summed E-state index contributed by atoms with van der Waals surface area (Å²) in [5.74, 6) is 1.66. The van der Waals surface area contributed by atoms with Gasteiger partial charge in [0.15, 0.2) is 20.7 Å². The molecule has 1 aliphatic carbocycles. The van der Waals surface area contributed by atoms with Crippen molar-refractivity contribution in [3.63, 3.8) is 0 Å². The molecule has 1 saturated heterocycles. The SMILES string of the molecule is CN=CC(Nc1nc(Nc2cc(C)c(C3CCNC3)cc2OC2CC2)ncc1Cl)=C(N)S(=O)(=O)C(C)C. The standard InChI is InChI=1S/C25H34ClN7O3S/c1-14(2)37(34,35)23(27)21(13-28-4)31-24-19(26)12-30-25(33-24)32-20-9-15(3)18(16-7-8-29-11-16)10-22(20)36-17-5-6-17/h9-10,12-14,16-17,29H,5-8,11,27H2,1-4H3,(H2,30,31,32,33). The Balaban J connectivity index is 1.66. The van der Waals surface area contributed by atoms with E-state index in [9.17, 15) is 8.42 Å². The predicted octanol–water partition coefficient (Wildman–Crippen LogP) is 3.86. The molecule has 1 saturated carbocycles. The van der Waals surface area contributed by atoms with Crippen LogP contribution in [0.1, 0.15) is 50.2 Å². The second kappa shape index (κ2) is 11.2. The van der Waals surface area contributed by atoms with Gasteiger partial charge in [-0.2, -0.15) is 4.98 Å². The van der Waals surface area contributed by atoms with Gasteiger partial charge in [0.05, 0.1) is 28.9 Å². The first-order chi connectivity index (χ1) is 17.6. The Morgan fingerprint density at radius 2 is 2.08 bits per heavy atom. The minimum absolute atomic E-state index is 0.0749. The van der Waals surface area contributed by atoms with Crippen LogP contribution in [0.5, 0.6) is 5.75 Å². The third-order valence-electron chi connectivity index (χ3n) is 6.38. The molecule has 2 aliphatic rings. The summed E-state index contributed by atoms with van der Waals surface area (Å²) in [6.07, 6.45) is 6.13. The molecule has 10 nitrogen and oxygen atoms in total. The van der Waals surface area contributed by atoms with Gasteiger partial charge in [0, 0.05) is 19.8 Å². The first-order valence-corrected chi connectivity index (χ1v) is 14.3. The number of nitrogens with one attached hydrogen (secondary N) is 3. The van der Waals surface area contributed by atoms with E-state index in [0.717, 1.165) is 49.4 Å². The molecule has 0 amide bonds. The van der Waals surface area contributed by atoms with Gasteiger partial charge in [-0.25, -0.2) is 13.4 Å². The van der Waals surface area contributed by atoms with Crippen molar-refractivity contribution in [3.8, 4) is 5.75 Å². The molecule has 2 aromatic rings. The van der Waals surface area contributed by atoms with Gasteiger partial charge in [-0.1, -0.05) is 11.6 Å². The minimum Gasteiger partial charge on any atom is -0.488 e. The van der Waals surface area contributed by atoms with Crippen molar-refractivity contribution in [2.75, 3.05) is 30.8 Å². The first kappa shape index (κ1) is 27.2. The van der Waals surface area contributed by atoms with Crippen molar-refractivity contribution < 1.29 is 13.2 Å². The lowest BCUT2D eigenvalue weighted by Gasteiger charge is -2.19. The highest BCUT2D eigenvalue weighted by Crippen LogP contribution is 2.38. The lowest BCUT2D eigenvalue weighted by Crippen LogP contribution is -2.25. The van der Waals surface area contributed by atoms with Crippen molar-refractivity contribution in [1.29, 1.82) is 0 Å². The lowest BCUT2D eigenvalue weighted by atomic mass is 9.93. The van der Waals surface area contributed by atoms with Gasteiger partial charge >= 0.3 is 0 Å². The molecular weight excluding hydrogens is 514 g/mol. The zero-order chi connectivity index (χ0) is 26.7. The lowest BCUT2D eigenvalue weighted by molar-refractivity contribution is 0.304. The van der Waals surface area contributed by atoms with Gasteiger partial charge in [0.2, 0.25) is 5.95 Å². The molecule has 0 radical (unpaired) electrons. The molecule has 1 aromatic heterocycles. The van der Waals surface area contributed by atoms with Gasteiger partial charge in [0.25, 0.3) is 0 Å². The molecule has 5 N–H and O–H groups in total. The normalized spacial score (nSPS) is 18.8. The maximum absolute atomic E-state index is 12.6. The van der Waals surface area contributed by atoms with E-state index < -0.39 is 15.1 Å². The van der Waals surface area contributed by atoms with Crippen LogP contribution in [0.3, 0.4) is 0 Å². The average molecular weight is 548 g/mol. The van der Waals surface area contributed by atoms with Gasteiger partial charge in [-0.15, -0.1) is 0 Å². The van der Waals surface area contributed by atoms with Crippen LogP contribution in [-0.2, 0) is 9.84 Å². The van der Waals surface area contributed by atoms with Crippen LogP contribution in [0.25, 0.3) is 0 Å². The largest absolute Gasteiger partial charge is 0.488 e. The van der Waals surface area contributed by atoms with Crippen molar-refractivity contribution in [2.45, 2.75) is 57.3 Å². The molecule has 37 heavy (non-hydrogen) atoms. The molecular formula is C25H34ClN7O3S. The fraction of sp³-hybridized carbons (Fsp3) is 0.480. The number of aryl methyl sites for hydroxylation is 1. The number of hydrogen-bond donors (Lipinski definition) is 4. The second-order valence-corrected chi connectivity index (χ2v) is 12.5. The van der Waals surface area contributed by atoms with Crippen molar-refractivity contribution in [2.24, 2.45) is 10.7 Å². The minimum atomic E-state index is -3.74. The maximum Gasteiger partial charge on any atom is 0.229 e. The number of rotatable bonds is 10. The van der Waals surface area contributed by atoms with Gasteiger partial charge in [0.1, 0.15) is 10.8 Å². The summed E-state index contributed by atoms with van der Waals surface area (Å²) >= 11 is 6.35. The number of benzene rings is 1. The van der Waals surface area contributed by atoms with Crippen molar-refractivity contribution in [1.82, 2.24) is 15.3 Å². The predicted molar refractivity (Wildman–Crippen MR) is 149 cm³/mol. The number of sulfone groups is 1. The smallest absolute Gasteiger partial charge is 0.229 e.